The zero-order valence-corrected chi connectivity index (χ0v) is 10.8. The number of esters is 1. The molecule has 0 atom stereocenters. The Hall–Kier alpha value is -2.86. The molecule has 98 valence electrons. The molecule has 3 heteroatoms. The lowest BCUT2D eigenvalue weighted by atomic mass is 10.1. The van der Waals surface area contributed by atoms with Crippen molar-refractivity contribution < 1.29 is 9.53 Å². The zero-order valence-electron chi connectivity index (χ0n) is 10.8. The topological polar surface area (TPSA) is 50.1 Å². The first-order chi connectivity index (χ1) is 9.79. The van der Waals surface area contributed by atoms with Crippen LogP contribution in [0.4, 0.5) is 0 Å². The molecule has 0 aromatic heterocycles. The number of rotatable bonds is 4. The summed E-state index contributed by atoms with van der Waals surface area (Å²) in [4.78, 5) is 11.8. The fraction of sp³-hybridized carbons (Fsp3) is 0.0588. The molecule has 0 saturated heterocycles. The predicted octanol–water partition coefficient (Wildman–Crippen LogP) is 3.43. The third-order valence-corrected chi connectivity index (χ3v) is 2.65. The van der Waals surface area contributed by atoms with Crippen molar-refractivity contribution >= 4 is 12.0 Å². The van der Waals surface area contributed by atoms with Gasteiger partial charge < -0.3 is 4.74 Å². The molecule has 2 rings (SSSR count). The first-order valence-electron chi connectivity index (χ1n) is 6.18. The van der Waals surface area contributed by atoms with Gasteiger partial charge >= 0.3 is 5.97 Å². The van der Waals surface area contributed by atoms with Crippen LogP contribution in [0.3, 0.4) is 0 Å². The van der Waals surface area contributed by atoms with E-state index in [1.165, 1.54) is 6.07 Å². The first kappa shape index (κ1) is 13.6. The third kappa shape index (κ3) is 3.82. The normalized spacial score (nSPS) is 10.2. The monoisotopic (exact) mass is 263 g/mol. The van der Waals surface area contributed by atoms with E-state index in [1.54, 1.807) is 24.3 Å². The van der Waals surface area contributed by atoms with Crippen LogP contribution in [0.15, 0.2) is 60.7 Å². The van der Waals surface area contributed by atoms with Crippen LogP contribution in [0, 0.1) is 11.3 Å². The van der Waals surface area contributed by atoms with E-state index in [9.17, 15) is 4.79 Å². The van der Waals surface area contributed by atoms with Gasteiger partial charge in [-0.25, -0.2) is 4.79 Å². The quantitative estimate of drug-likeness (QED) is 0.794. The van der Waals surface area contributed by atoms with E-state index in [0.29, 0.717) is 11.1 Å². The van der Waals surface area contributed by atoms with Gasteiger partial charge in [-0.05, 0) is 29.8 Å². The molecule has 0 fully saturated rings. The van der Waals surface area contributed by atoms with Gasteiger partial charge in [0.2, 0.25) is 0 Å². The van der Waals surface area contributed by atoms with Crippen LogP contribution in [-0.4, -0.2) is 12.6 Å². The minimum atomic E-state index is -0.431. The Balaban J connectivity index is 1.89. The molecule has 0 unspecified atom stereocenters. The summed E-state index contributed by atoms with van der Waals surface area (Å²) < 4.78 is 5.11. The number of hydrogen-bond acceptors (Lipinski definition) is 3. The van der Waals surface area contributed by atoms with Gasteiger partial charge in [0.15, 0.2) is 0 Å². The van der Waals surface area contributed by atoms with E-state index in [2.05, 4.69) is 0 Å². The van der Waals surface area contributed by atoms with E-state index in [1.807, 2.05) is 42.5 Å². The molecular weight excluding hydrogens is 250 g/mol. The molecule has 0 heterocycles. The van der Waals surface area contributed by atoms with Crippen LogP contribution >= 0.6 is 0 Å². The maximum atomic E-state index is 11.8. The summed E-state index contributed by atoms with van der Waals surface area (Å²) >= 11 is 0. The van der Waals surface area contributed by atoms with Crippen molar-refractivity contribution in [1.82, 2.24) is 0 Å². The summed E-state index contributed by atoms with van der Waals surface area (Å²) in [5.41, 5.74) is 1.88. The maximum Gasteiger partial charge on any atom is 0.338 e. The molecule has 0 aliphatic rings. The highest BCUT2D eigenvalue weighted by Gasteiger charge is 2.06. The largest absolute Gasteiger partial charge is 0.458 e. The second kappa shape index (κ2) is 6.91. The number of nitriles is 1. The summed E-state index contributed by atoms with van der Waals surface area (Å²) in [6.07, 6.45) is 3.67. The van der Waals surface area contributed by atoms with Gasteiger partial charge in [0.1, 0.15) is 6.61 Å². The van der Waals surface area contributed by atoms with Crippen LogP contribution in [-0.2, 0) is 4.74 Å². The number of hydrogen-bond donors (Lipinski definition) is 0. The Morgan fingerprint density at radius 1 is 1.15 bits per heavy atom. The summed E-state index contributed by atoms with van der Waals surface area (Å²) in [6.45, 7) is 0.199. The smallest absolute Gasteiger partial charge is 0.338 e. The van der Waals surface area contributed by atoms with Gasteiger partial charge in [0.25, 0.3) is 0 Å². The van der Waals surface area contributed by atoms with Gasteiger partial charge in [-0.3, -0.25) is 0 Å². The lowest BCUT2D eigenvalue weighted by molar-refractivity contribution is 0.0550. The highest BCUT2D eigenvalue weighted by atomic mass is 16.5. The molecule has 2 aromatic carbocycles. The molecule has 20 heavy (non-hydrogen) atoms. The third-order valence-electron chi connectivity index (χ3n) is 2.65. The second-order valence-electron chi connectivity index (χ2n) is 4.10. The SMILES string of the molecule is N#Cc1cccc(C(=O)OC/C=C\c2ccccc2)c1. The van der Waals surface area contributed by atoms with Crippen molar-refractivity contribution in [3.63, 3.8) is 0 Å². The van der Waals surface area contributed by atoms with Gasteiger partial charge in [-0.15, -0.1) is 0 Å². The number of nitrogens with zero attached hydrogens (tertiary/aromatic N) is 1. The van der Waals surface area contributed by atoms with Crippen LogP contribution in [0.2, 0.25) is 0 Å². The van der Waals surface area contributed by atoms with E-state index in [0.717, 1.165) is 5.56 Å². The molecule has 0 aliphatic carbocycles. The summed E-state index contributed by atoms with van der Waals surface area (Å²) in [6, 6.07) is 18.2. The minimum absolute atomic E-state index is 0.199. The van der Waals surface area contributed by atoms with Crippen LogP contribution < -0.4 is 0 Å². The molecule has 0 bridgehead atoms. The summed E-state index contributed by atoms with van der Waals surface area (Å²) in [5.74, 6) is -0.431. The second-order valence-corrected chi connectivity index (χ2v) is 4.10. The fourth-order valence-electron chi connectivity index (χ4n) is 1.67. The lowest BCUT2D eigenvalue weighted by Gasteiger charge is -2.02. The minimum Gasteiger partial charge on any atom is -0.458 e. The number of ether oxygens (including phenoxy) is 1. The highest BCUT2D eigenvalue weighted by Crippen LogP contribution is 2.06. The Kier molecular flexibility index (Phi) is 4.69. The van der Waals surface area contributed by atoms with E-state index < -0.39 is 5.97 Å². The number of carbonyl (C=O) groups excluding carboxylic acids is 1. The molecular formula is C17H13NO2. The molecule has 0 aliphatic heterocycles. The van der Waals surface area contributed by atoms with Crippen molar-refractivity contribution in [2.45, 2.75) is 0 Å². The zero-order chi connectivity index (χ0) is 14.2. The summed E-state index contributed by atoms with van der Waals surface area (Å²) in [7, 11) is 0. The van der Waals surface area contributed by atoms with Gasteiger partial charge in [0.05, 0.1) is 17.2 Å². The molecule has 0 radical (unpaired) electrons. The maximum absolute atomic E-state index is 11.8. The molecule has 2 aromatic rings. The van der Waals surface area contributed by atoms with Crippen molar-refractivity contribution in [3.8, 4) is 6.07 Å². The first-order valence-corrected chi connectivity index (χ1v) is 6.18. The van der Waals surface area contributed by atoms with Crippen LogP contribution in [0.1, 0.15) is 21.5 Å². The number of carbonyl (C=O) groups is 1. The van der Waals surface area contributed by atoms with Crippen LogP contribution in [0.25, 0.3) is 6.08 Å². The molecule has 0 saturated carbocycles. The Morgan fingerprint density at radius 2 is 1.95 bits per heavy atom. The van der Waals surface area contributed by atoms with Crippen molar-refractivity contribution in [2.75, 3.05) is 6.61 Å². The average molecular weight is 263 g/mol. The predicted molar refractivity (Wildman–Crippen MR) is 76.9 cm³/mol. The molecule has 0 amide bonds. The average Bonchev–Trinajstić information content (AvgIpc) is 2.52. The molecule has 0 N–H and O–H groups in total. The number of benzene rings is 2. The van der Waals surface area contributed by atoms with E-state index in [-0.39, 0.29) is 6.61 Å². The van der Waals surface area contributed by atoms with Crippen molar-refractivity contribution in [2.24, 2.45) is 0 Å². The molecule has 3 nitrogen and oxygen atoms in total. The van der Waals surface area contributed by atoms with E-state index in [4.69, 9.17) is 10.00 Å². The van der Waals surface area contributed by atoms with Crippen molar-refractivity contribution in [1.29, 1.82) is 5.26 Å². The van der Waals surface area contributed by atoms with Gasteiger partial charge in [0, 0.05) is 0 Å². The molecule has 0 spiro atoms. The highest BCUT2D eigenvalue weighted by molar-refractivity contribution is 5.89. The van der Waals surface area contributed by atoms with Gasteiger partial charge in [-0.2, -0.15) is 5.26 Å². The lowest BCUT2D eigenvalue weighted by Crippen LogP contribution is -2.05. The van der Waals surface area contributed by atoms with E-state index >= 15 is 0 Å². The van der Waals surface area contributed by atoms with Crippen LogP contribution in [0.5, 0.6) is 0 Å². The Morgan fingerprint density at radius 3 is 2.70 bits per heavy atom. The Labute approximate surface area is 117 Å². The summed E-state index contributed by atoms with van der Waals surface area (Å²) in [5, 5.41) is 8.77. The fourth-order valence-corrected chi connectivity index (χ4v) is 1.67. The standard InChI is InChI=1S/C17H13NO2/c18-13-15-8-4-10-16(12-15)17(19)20-11-5-9-14-6-2-1-3-7-14/h1-10,12H,11H2/b9-5-. The van der Waals surface area contributed by atoms with Gasteiger partial charge in [-0.1, -0.05) is 42.5 Å². The Bertz CT molecular complexity index is 654. The van der Waals surface area contributed by atoms with Crippen molar-refractivity contribution in [3.05, 3.63) is 77.4 Å².